The summed E-state index contributed by atoms with van der Waals surface area (Å²) in [6, 6.07) is 24.9. The van der Waals surface area contributed by atoms with Gasteiger partial charge in [-0.1, -0.05) is 65.9 Å². The predicted octanol–water partition coefficient (Wildman–Crippen LogP) is 7.10. The molecular formula is C30H31N4O7P2S+. The highest BCUT2D eigenvalue weighted by Gasteiger charge is 2.45. The molecule has 0 radical (unpaired) electrons. The van der Waals surface area contributed by atoms with Gasteiger partial charge >= 0.3 is 15.6 Å². The van der Waals surface area contributed by atoms with Gasteiger partial charge in [-0.3, -0.25) is 4.52 Å². The smallest absolute Gasteiger partial charge is 0.404 e. The molecule has 0 bridgehead atoms. The second-order valence-electron chi connectivity index (χ2n) is 9.46. The number of aromatic nitrogens is 3. The summed E-state index contributed by atoms with van der Waals surface area (Å²) >= 11 is 1.50. The van der Waals surface area contributed by atoms with Gasteiger partial charge in [-0.25, -0.2) is 19.1 Å². The van der Waals surface area contributed by atoms with Crippen molar-refractivity contribution in [1.29, 1.82) is 0 Å². The fraction of sp³-hybridized carbons (Fsp3) is 0.167. The summed E-state index contributed by atoms with van der Waals surface area (Å²) in [5, 5.41) is 0. The summed E-state index contributed by atoms with van der Waals surface area (Å²) in [4.78, 5) is 9.44. The minimum absolute atomic E-state index is 0.0854. The van der Waals surface area contributed by atoms with Gasteiger partial charge < -0.3 is 19.3 Å². The number of thiazole rings is 1. The van der Waals surface area contributed by atoms with Crippen LogP contribution in [-0.2, 0) is 30.9 Å². The van der Waals surface area contributed by atoms with Crippen LogP contribution < -0.4 is 23.9 Å². The molecule has 14 heteroatoms. The zero-order valence-electron chi connectivity index (χ0n) is 24.0. The molecule has 0 amide bonds. The number of benzene rings is 3. The number of hydrogen-bond acceptors (Lipinski definition) is 11. The van der Waals surface area contributed by atoms with Gasteiger partial charge in [0.05, 0.1) is 17.0 Å². The van der Waals surface area contributed by atoms with Crippen LogP contribution in [0, 0.1) is 13.8 Å². The SMILES string of the molecule is Cc1ncc(C[n+]2csc(CCOP(=O)(Oc3ccccc3)OP(=O)(Oc3ccccc3)Oc3ccccc3)c2C)c(N)n1. The van der Waals surface area contributed by atoms with Gasteiger partial charge in [-0.2, -0.15) is 8.88 Å². The number of phosphoric ester groups is 2. The van der Waals surface area contributed by atoms with Gasteiger partial charge in [-0.15, -0.1) is 0 Å². The van der Waals surface area contributed by atoms with Crippen LogP contribution in [0.2, 0.25) is 0 Å². The predicted molar refractivity (Wildman–Crippen MR) is 167 cm³/mol. The van der Waals surface area contributed by atoms with E-state index in [1.807, 2.05) is 17.0 Å². The molecule has 0 fully saturated rings. The van der Waals surface area contributed by atoms with Crippen LogP contribution in [0.5, 0.6) is 17.2 Å². The third-order valence-electron chi connectivity index (χ3n) is 6.18. The lowest BCUT2D eigenvalue weighted by atomic mass is 10.2. The molecule has 0 aliphatic carbocycles. The van der Waals surface area contributed by atoms with E-state index in [0.29, 0.717) is 24.6 Å². The first kappa shape index (κ1) is 31.4. The average molecular weight is 654 g/mol. The number of phosphoric acid groups is 2. The quantitative estimate of drug-likeness (QED) is 0.0976. The molecule has 44 heavy (non-hydrogen) atoms. The average Bonchev–Trinajstić information content (AvgIpc) is 3.34. The van der Waals surface area contributed by atoms with E-state index in [-0.39, 0.29) is 23.9 Å². The summed E-state index contributed by atoms with van der Waals surface area (Å²) < 4.78 is 58.6. The molecular weight excluding hydrogens is 622 g/mol. The minimum atomic E-state index is -4.62. The number of nitrogens with two attached hydrogens (primary N) is 1. The van der Waals surface area contributed by atoms with Gasteiger partial charge in [-0.05, 0) is 43.3 Å². The Labute approximate surface area is 259 Å². The molecule has 3 aromatic carbocycles. The second kappa shape index (κ2) is 14.2. The van der Waals surface area contributed by atoms with Crippen molar-refractivity contribution in [2.24, 2.45) is 0 Å². The van der Waals surface area contributed by atoms with Crippen molar-refractivity contribution in [3.63, 3.8) is 0 Å². The number of para-hydroxylation sites is 3. The van der Waals surface area contributed by atoms with Crippen LogP contribution in [0.4, 0.5) is 5.82 Å². The molecule has 0 aliphatic heterocycles. The van der Waals surface area contributed by atoms with Gasteiger partial charge in [0, 0.05) is 19.5 Å². The Bertz CT molecular complexity index is 1730. The topological polar surface area (TPSA) is 136 Å². The number of nitrogen functional groups attached to an aromatic ring is 1. The first-order valence-electron chi connectivity index (χ1n) is 13.5. The summed E-state index contributed by atoms with van der Waals surface area (Å²) in [5.41, 5.74) is 9.80. The van der Waals surface area contributed by atoms with E-state index >= 15 is 0 Å². The molecule has 0 aliphatic rings. The maximum Gasteiger partial charge on any atom is 0.597 e. The maximum atomic E-state index is 14.1. The van der Waals surface area contributed by atoms with Gasteiger partial charge in [0.2, 0.25) is 5.51 Å². The van der Waals surface area contributed by atoms with Crippen LogP contribution in [0.1, 0.15) is 22.0 Å². The Morgan fingerprint density at radius 1 is 0.795 bits per heavy atom. The van der Waals surface area contributed by atoms with Crippen molar-refractivity contribution in [3.05, 3.63) is 125 Å². The Kier molecular flexibility index (Phi) is 10.1. The first-order chi connectivity index (χ1) is 21.2. The van der Waals surface area contributed by atoms with Crippen molar-refractivity contribution in [3.8, 4) is 17.2 Å². The highest BCUT2D eigenvalue weighted by atomic mass is 32.1. The molecule has 2 heterocycles. The van der Waals surface area contributed by atoms with Gasteiger partial charge in [0.25, 0.3) is 0 Å². The molecule has 2 aromatic heterocycles. The van der Waals surface area contributed by atoms with Crippen LogP contribution in [0.3, 0.4) is 0 Å². The summed E-state index contributed by atoms with van der Waals surface area (Å²) in [7, 11) is -9.22. The zero-order valence-corrected chi connectivity index (χ0v) is 26.6. The van der Waals surface area contributed by atoms with Crippen LogP contribution in [0.15, 0.2) is 103 Å². The Morgan fingerprint density at radius 3 is 1.84 bits per heavy atom. The molecule has 1 atom stereocenters. The van der Waals surface area contributed by atoms with Crippen molar-refractivity contribution in [2.45, 2.75) is 26.8 Å². The molecule has 11 nitrogen and oxygen atoms in total. The molecule has 5 rings (SSSR count). The number of hydrogen-bond donors (Lipinski definition) is 1. The number of aryl methyl sites for hydroxylation is 1. The third-order valence-corrected chi connectivity index (χ3v) is 10.7. The lowest BCUT2D eigenvalue weighted by molar-refractivity contribution is -0.689. The fourth-order valence-corrected chi connectivity index (χ4v) is 8.08. The zero-order chi connectivity index (χ0) is 31.0. The molecule has 2 N–H and O–H groups in total. The van der Waals surface area contributed by atoms with E-state index in [9.17, 15) is 9.13 Å². The number of rotatable bonds is 14. The highest BCUT2D eigenvalue weighted by molar-refractivity contribution is 7.62. The molecule has 5 aromatic rings. The summed E-state index contributed by atoms with van der Waals surface area (Å²) in [6.45, 7) is 4.15. The molecule has 1 unspecified atom stereocenters. The monoisotopic (exact) mass is 653 g/mol. The van der Waals surface area contributed by atoms with E-state index in [0.717, 1.165) is 16.1 Å². The van der Waals surface area contributed by atoms with E-state index in [4.69, 9.17) is 28.1 Å². The van der Waals surface area contributed by atoms with E-state index in [1.165, 1.54) is 11.3 Å². The minimum Gasteiger partial charge on any atom is -0.404 e. The number of anilines is 1. The van der Waals surface area contributed by atoms with E-state index in [2.05, 4.69) is 9.97 Å². The van der Waals surface area contributed by atoms with E-state index in [1.54, 1.807) is 104 Å². The summed E-state index contributed by atoms with van der Waals surface area (Å²) in [5.74, 6) is 1.57. The second-order valence-corrected chi connectivity index (χ2v) is 13.6. The van der Waals surface area contributed by atoms with Crippen molar-refractivity contribution >= 4 is 32.8 Å². The molecule has 228 valence electrons. The van der Waals surface area contributed by atoms with Crippen LogP contribution in [-0.4, -0.2) is 16.6 Å². The normalized spacial score (nSPS) is 12.8. The Balaban J connectivity index is 1.35. The molecule has 0 spiro atoms. The summed E-state index contributed by atoms with van der Waals surface area (Å²) in [6.07, 6.45) is 2.07. The highest BCUT2D eigenvalue weighted by Crippen LogP contribution is 2.65. The Morgan fingerprint density at radius 2 is 1.32 bits per heavy atom. The van der Waals surface area contributed by atoms with Crippen LogP contribution >= 0.6 is 27.0 Å². The lowest BCUT2D eigenvalue weighted by Crippen LogP contribution is -2.35. The van der Waals surface area contributed by atoms with Crippen molar-refractivity contribution in [1.82, 2.24) is 9.97 Å². The van der Waals surface area contributed by atoms with Crippen LogP contribution in [0.25, 0.3) is 0 Å². The first-order valence-corrected chi connectivity index (χ1v) is 17.3. The van der Waals surface area contributed by atoms with Gasteiger partial charge in [0.1, 0.15) is 28.9 Å². The largest absolute Gasteiger partial charge is 0.597 e. The standard InChI is InChI=1S/C30H31N4O7P2S/c1-23-29(44-22-34(23)21-25-20-32-24(2)33-30(25)31)18-19-37-42(35,38-26-12-6-3-7-13-26)41-43(36,39-27-14-8-4-9-15-27)40-28-16-10-5-11-17-28/h3-17,20,22H,18-19,21H2,1-2H3,(H2,31,32,33)/q+1. The van der Waals surface area contributed by atoms with Crippen molar-refractivity contribution in [2.75, 3.05) is 12.3 Å². The molecule has 0 saturated carbocycles. The van der Waals surface area contributed by atoms with E-state index < -0.39 is 15.6 Å². The maximum absolute atomic E-state index is 14.1. The van der Waals surface area contributed by atoms with Gasteiger partial charge in [0.15, 0.2) is 12.2 Å². The third kappa shape index (κ3) is 8.53. The number of nitrogens with zero attached hydrogens (tertiary/aromatic N) is 3. The van der Waals surface area contributed by atoms with Crippen molar-refractivity contribution < 1.29 is 36.1 Å². The fourth-order valence-electron chi connectivity index (χ4n) is 3.99. The lowest BCUT2D eigenvalue weighted by Gasteiger charge is -2.23. The Hall–Kier alpha value is -4.05. The molecule has 0 saturated heterocycles.